The van der Waals surface area contributed by atoms with Gasteiger partial charge in [0.05, 0.1) is 12.2 Å². The third-order valence-electron chi connectivity index (χ3n) is 4.47. The first-order valence-electron chi connectivity index (χ1n) is 9.00. The molecule has 1 N–H and O–H groups in total. The van der Waals surface area contributed by atoms with Gasteiger partial charge in [0.15, 0.2) is 6.61 Å². The van der Waals surface area contributed by atoms with Crippen LogP contribution in [0, 0.1) is 0 Å². The minimum absolute atomic E-state index is 0.151. The molecule has 1 unspecified atom stereocenters. The molecule has 1 aliphatic carbocycles. The number of carbonyl (C=O) groups excluding carboxylic acids is 2. The molecular weight excluding hydrogens is 386 g/mol. The number of rotatable bonds is 6. The number of carbonyl (C=O) groups is 2. The number of nitrogens with one attached hydrogen (secondary N) is 1. The summed E-state index contributed by atoms with van der Waals surface area (Å²) in [5, 5.41) is 3.99. The molecule has 0 bridgehead atoms. The maximum absolute atomic E-state index is 12.5. The Morgan fingerprint density at radius 3 is 2.74 bits per heavy atom. The Morgan fingerprint density at radius 1 is 1.30 bits per heavy atom. The lowest BCUT2D eigenvalue weighted by Crippen LogP contribution is -2.21. The average Bonchev–Trinajstić information content (AvgIpc) is 3.01. The van der Waals surface area contributed by atoms with Gasteiger partial charge in [-0.2, -0.15) is 0 Å². The van der Waals surface area contributed by atoms with E-state index in [4.69, 9.17) is 21.1 Å². The molecule has 1 heterocycles. The van der Waals surface area contributed by atoms with Gasteiger partial charge < -0.3 is 14.8 Å². The summed E-state index contributed by atoms with van der Waals surface area (Å²) in [6, 6.07) is 6.79. The fourth-order valence-corrected chi connectivity index (χ4v) is 4.74. The third-order valence-corrected chi connectivity index (χ3v) is 5.90. The Kier molecular flexibility index (Phi) is 6.39. The maximum Gasteiger partial charge on any atom is 0.341 e. The number of esters is 1. The van der Waals surface area contributed by atoms with Crippen molar-refractivity contribution < 1.29 is 19.1 Å². The van der Waals surface area contributed by atoms with Gasteiger partial charge >= 0.3 is 5.97 Å². The number of anilines is 1. The third kappa shape index (κ3) is 4.62. The Balaban J connectivity index is 1.76. The monoisotopic (exact) mass is 407 g/mol. The maximum atomic E-state index is 12.5. The van der Waals surface area contributed by atoms with Crippen molar-refractivity contribution in [3.05, 3.63) is 45.3 Å². The molecule has 0 aliphatic heterocycles. The van der Waals surface area contributed by atoms with Crippen molar-refractivity contribution in [3.8, 4) is 5.75 Å². The number of hydrogen-bond acceptors (Lipinski definition) is 5. The minimum atomic E-state index is -0.377. The quantitative estimate of drug-likeness (QED) is 0.681. The fourth-order valence-electron chi connectivity index (χ4n) is 3.25. The predicted molar refractivity (Wildman–Crippen MR) is 107 cm³/mol. The van der Waals surface area contributed by atoms with Crippen molar-refractivity contribution in [2.24, 2.45) is 0 Å². The largest absolute Gasteiger partial charge is 0.484 e. The summed E-state index contributed by atoms with van der Waals surface area (Å²) in [7, 11) is 0. The Bertz CT molecular complexity index is 831. The van der Waals surface area contributed by atoms with Crippen LogP contribution >= 0.6 is 22.9 Å². The molecule has 7 heteroatoms. The van der Waals surface area contributed by atoms with Crippen LogP contribution in [0.3, 0.4) is 0 Å². The highest BCUT2D eigenvalue weighted by molar-refractivity contribution is 7.17. The van der Waals surface area contributed by atoms with Gasteiger partial charge in [-0.05, 0) is 61.9 Å². The van der Waals surface area contributed by atoms with E-state index in [1.807, 2.05) is 0 Å². The van der Waals surface area contributed by atoms with Crippen LogP contribution in [0.2, 0.25) is 5.02 Å². The van der Waals surface area contributed by atoms with E-state index in [1.165, 1.54) is 11.3 Å². The molecule has 144 valence electrons. The van der Waals surface area contributed by atoms with Crippen LogP contribution in [0.5, 0.6) is 5.75 Å². The molecule has 0 fully saturated rings. The summed E-state index contributed by atoms with van der Waals surface area (Å²) in [6.07, 6.45) is 3.04. The van der Waals surface area contributed by atoms with Crippen molar-refractivity contribution in [1.29, 1.82) is 0 Å². The van der Waals surface area contributed by atoms with Gasteiger partial charge in [0.2, 0.25) is 0 Å². The second-order valence-corrected chi connectivity index (χ2v) is 7.99. The molecule has 1 aromatic heterocycles. The number of thiophene rings is 1. The number of benzene rings is 1. The number of hydrogen-bond donors (Lipinski definition) is 1. The van der Waals surface area contributed by atoms with Crippen LogP contribution in [-0.4, -0.2) is 25.1 Å². The first-order chi connectivity index (χ1) is 13.0. The molecule has 27 heavy (non-hydrogen) atoms. The molecule has 1 atom stereocenters. The van der Waals surface area contributed by atoms with Crippen LogP contribution in [0.15, 0.2) is 24.3 Å². The minimum Gasteiger partial charge on any atom is -0.484 e. The fraction of sp³-hybridized carbons (Fsp3) is 0.400. The van der Waals surface area contributed by atoms with E-state index in [0.717, 1.165) is 29.7 Å². The van der Waals surface area contributed by atoms with Crippen molar-refractivity contribution in [2.75, 3.05) is 18.5 Å². The lowest BCUT2D eigenvalue weighted by atomic mass is 9.86. The van der Waals surface area contributed by atoms with Crippen molar-refractivity contribution in [2.45, 2.75) is 39.0 Å². The van der Waals surface area contributed by atoms with Gasteiger partial charge in [-0.15, -0.1) is 11.3 Å². The summed E-state index contributed by atoms with van der Waals surface area (Å²) in [6.45, 7) is 4.04. The van der Waals surface area contributed by atoms with E-state index in [1.54, 1.807) is 31.2 Å². The second kappa shape index (κ2) is 8.76. The molecule has 5 nitrogen and oxygen atoms in total. The van der Waals surface area contributed by atoms with Gasteiger partial charge in [-0.3, -0.25) is 4.79 Å². The number of fused-ring (bicyclic) bond motifs is 1. The molecule has 1 aliphatic rings. The SMILES string of the molecule is CCOC(=O)c1c(NC(=O)COc2ccc(Cl)cc2)sc2c1C(C)CCC2. The highest BCUT2D eigenvalue weighted by Crippen LogP contribution is 2.43. The number of halogens is 1. The highest BCUT2D eigenvalue weighted by Gasteiger charge is 2.30. The first-order valence-corrected chi connectivity index (χ1v) is 10.2. The molecule has 3 rings (SSSR count). The molecule has 2 aromatic rings. The average molecular weight is 408 g/mol. The van der Waals surface area contributed by atoms with Crippen LogP contribution < -0.4 is 10.1 Å². The molecule has 1 aromatic carbocycles. The lowest BCUT2D eigenvalue weighted by molar-refractivity contribution is -0.118. The summed E-state index contributed by atoms with van der Waals surface area (Å²) < 4.78 is 10.7. The molecule has 0 spiro atoms. The van der Waals surface area contributed by atoms with E-state index in [9.17, 15) is 9.59 Å². The Morgan fingerprint density at radius 2 is 2.04 bits per heavy atom. The molecule has 0 saturated heterocycles. The van der Waals surface area contributed by atoms with E-state index in [-0.39, 0.29) is 24.4 Å². The van der Waals surface area contributed by atoms with Crippen molar-refractivity contribution >= 4 is 39.8 Å². The Labute approximate surface area is 167 Å². The van der Waals surface area contributed by atoms with E-state index in [0.29, 0.717) is 27.9 Å². The van der Waals surface area contributed by atoms with Crippen LogP contribution in [0.4, 0.5) is 5.00 Å². The van der Waals surface area contributed by atoms with Gasteiger partial charge in [0.1, 0.15) is 10.8 Å². The zero-order valence-electron chi connectivity index (χ0n) is 15.3. The predicted octanol–water partition coefficient (Wildman–Crippen LogP) is 5.04. The van der Waals surface area contributed by atoms with Gasteiger partial charge in [-0.25, -0.2) is 4.79 Å². The number of aryl methyl sites for hydroxylation is 1. The van der Waals surface area contributed by atoms with E-state index < -0.39 is 0 Å². The summed E-state index contributed by atoms with van der Waals surface area (Å²) in [5.74, 6) is 0.138. The summed E-state index contributed by atoms with van der Waals surface area (Å²) in [5.41, 5.74) is 1.53. The van der Waals surface area contributed by atoms with E-state index >= 15 is 0 Å². The molecule has 0 saturated carbocycles. The van der Waals surface area contributed by atoms with Gasteiger partial charge in [-0.1, -0.05) is 18.5 Å². The van der Waals surface area contributed by atoms with Crippen LogP contribution in [0.25, 0.3) is 0 Å². The van der Waals surface area contributed by atoms with Gasteiger partial charge in [0.25, 0.3) is 5.91 Å². The molecular formula is C20H22ClNO4S. The number of ether oxygens (including phenoxy) is 2. The molecule has 1 amide bonds. The highest BCUT2D eigenvalue weighted by atomic mass is 35.5. The topological polar surface area (TPSA) is 64.6 Å². The molecule has 0 radical (unpaired) electrons. The van der Waals surface area contributed by atoms with Crippen LogP contribution in [0.1, 0.15) is 53.4 Å². The number of amides is 1. The summed E-state index contributed by atoms with van der Waals surface area (Å²) >= 11 is 7.30. The standard InChI is InChI=1S/C20H22ClNO4S/c1-3-25-20(24)18-17-12(2)5-4-6-15(17)27-19(18)22-16(23)11-26-14-9-7-13(21)8-10-14/h7-10,12H,3-6,11H2,1-2H3,(H,22,23). The second-order valence-electron chi connectivity index (χ2n) is 6.45. The van der Waals surface area contributed by atoms with Gasteiger partial charge in [0, 0.05) is 9.90 Å². The first kappa shape index (κ1) is 19.7. The zero-order valence-corrected chi connectivity index (χ0v) is 16.9. The normalized spacial score (nSPS) is 15.7. The van der Waals surface area contributed by atoms with Crippen molar-refractivity contribution in [1.82, 2.24) is 0 Å². The lowest BCUT2D eigenvalue weighted by Gasteiger charge is -2.19. The zero-order chi connectivity index (χ0) is 19.4. The smallest absolute Gasteiger partial charge is 0.341 e. The summed E-state index contributed by atoms with van der Waals surface area (Å²) in [4.78, 5) is 26.1. The Hall–Kier alpha value is -2.05. The van der Waals surface area contributed by atoms with E-state index in [2.05, 4.69) is 12.2 Å². The van der Waals surface area contributed by atoms with Crippen LogP contribution in [-0.2, 0) is 16.0 Å². The van der Waals surface area contributed by atoms with Crippen molar-refractivity contribution in [3.63, 3.8) is 0 Å².